The Morgan fingerprint density at radius 3 is 2.52 bits per heavy atom. The molecule has 1 amide bonds. The van der Waals surface area contributed by atoms with Crippen LogP contribution in [0, 0.1) is 11.8 Å². The SMILES string of the molecule is CCOC(=O)C1CCN(C(=O)C2Cc3cc(C(F)(F)F)ccc3N3CCCCC23)CC1. The quantitative estimate of drug-likeness (QED) is 0.669. The molecule has 1 aromatic carbocycles. The van der Waals surface area contributed by atoms with E-state index < -0.39 is 11.7 Å². The van der Waals surface area contributed by atoms with E-state index in [4.69, 9.17) is 4.74 Å². The molecule has 8 heteroatoms. The summed E-state index contributed by atoms with van der Waals surface area (Å²) in [6.45, 7) is 3.86. The van der Waals surface area contributed by atoms with Gasteiger partial charge < -0.3 is 14.5 Å². The van der Waals surface area contributed by atoms with Crippen LogP contribution in [0.4, 0.5) is 18.9 Å². The molecule has 4 rings (SSSR count). The normalized spacial score (nSPS) is 24.4. The molecule has 3 aliphatic heterocycles. The van der Waals surface area contributed by atoms with Crippen LogP contribution in [0.3, 0.4) is 0 Å². The zero-order chi connectivity index (χ0) is 22.2. The number of alkyl halides is 3. The maximum Gasteiger partial charge on any atom is 0.416 e. The molecule has 3 heterocycles. The number of rotatable bonds is 3. The fraction of sp³-hybridized carbons (Fsp3) is 0.652. The zero-order valence-corrected chi connectivity index (χ0v) is 17.8. The molecule has 5 nitrogen and oxygen atoms in total. The van der Waals surface area contributed by atoms with Gasteiger partial charge in [0.2, 0.25) is 5.91 Å². The van der Waals surface area contributed by atoms with E-state index in [9.17, 15) is 22.8 Å². The van der Waals surface area contributed by atoms with E-state index in [1.54, 1.807) is 17.9 Å². The summed E-state index contributed by atoms with van der Waals surface area (Å²) in [6, 6.07) is 3.95. The third-order valence-corrected chi connectivity index (χ3v) is 6.91. The summed E-state index contributed by atoms with van der Waals surface area (Å²) >= 11 is 0. The largest absolute Gasteiger partial charge is 0.466 e. The maximum absolute atomic E-state index is 13.5. The molecular formula is C23H29F3N2O3. The highest BCUT2D eigenvalue weighted by Crippen LogP contribution is 2.42. The van der Waals surface area contributed by atoms with Gasteiger partial charge in [-0.1, -0.05) is 0 Å². The second kappa shape index (κ2) is 8.71. The van der Waals surface area contributed by atoms with Crippen LogP contribution in [0.25, 0.3) is 0 Å². The summed E-state index contributed by atoms with van der Waals surface area (Å²) in [7, 11) is 0. The number of ether oxygens (including phenoxy) is 1. The first kappa shape index (κ1) is 22.0. The Bertz CT molecular complexity index is 834. The van der Waals surface area contributed by atoms with Gasteiger partial charge in [0, 0.05) is 31.4 Å². The number of fused-ring (bicyclic) bond motifs is 3. The van der Waals surface area contributed by atoms with Crippen LogP contribution >= 0.6 is 0 Å². The molecule has 2 saturated heterocycles. The van der Waals surface area contributed by atoms with E-state index in [0.717, 1.165) is 37.6 Å². The molecule has 31 heavy (non-hydrogen) atoms. The molecule has 0 radical (unpaired) electrons. The molecule has 2 unspecified atom stereocenters. The van der Waals surface area contributed by atoms with Crippen molar-refractivity contribution in [2.24, 2.45) is 11.8 Å². The smallest absolute Gasteiger partial charge is 0.416 e. The van der Waals surface area contributed by atoms with Gasteiger partial charge in [-0.05, 0) is 69.2 Å². The Morgan fingerprint density at radius 2 is 1.84 bits per heavy atom. The van der Waals surface area contributed by atoms with Crippen LogP contribution in [-0.4, -0.2) is 49.1 Å². The number of halogens is 3. The van der Waals surface area contributed by atoms with E-state index in [1.165, 1.54) is 6.07 Å². The van der Waals surface area contributed by atoms with Gasteiger partial charge in [-0.25, -0.2) is 0 Å². The number of carbonyl (C=O) groups is 2. The van der Waals surface area contributed by atoms with Gasteiger partial charge >= 0.3 is 12.1 Å². The lowest BCUT2D eigenvalue weighted by Gasteiger charge is -2.47. The van der Waals surface area contributed by atoms with Crippen molar-refractivity contribution in [3.63, 3.8) is 0 Å². The highest BCUT2D eigenvalue weighted by molar-refractivity contribution is 5.83. The lowest BCUT2D eigenvalue weighted by atomic mass is 9.79. The van der Waals surface area contributed by atoms with Crippen molar-refractivity contribution in [2.45, 2.75) is 57.7 Å². The highest BCUT2D eigenvalue weighted by Gasteiger charge is 2.43. The number of anilines is 1. The van der Waals surface area contributed by atoms with Crippen molar-refractivity contribution in [3.8, 4) is 0 Å². The van der Waals surface area contributed by atoms with Crippen LogP contribution in [-0.2, 0) is 26.9 Å². The molecule has 170 valence electrons. The second-order valence-electron chi connectivity index (χ2n) is 8.76. The summed E-state index contributed by atoms with van der Waals surface area (Å²) in [4.78, 5) is 29.4. The topological polar surface area (TPSA) is 49.9 Å². The van der Waals surface area contributed by atoms with Gasteiger partial charge in [0.15, 0.2) is 0 Å². The Balaban J connectivity index is 1.53. The van der Waals surface area contributed by atoms with Crippen molar-refractivity contribution in [1.82, 2.24) is 4.90 Å². The molecule has 2 fully saturated rings. The molecule has 0 aliphatic carbocycles. The van der Waals surface area contributed by atoms with Gasteiger partial charge in [-0.3, -0.25) is 9.59 Å². The fourth-order valence-electron chi connectivity index (χ4n) is 5.34. The number of likely N-dealkylation sites (tertiary alicyclic amines) is 1. The van der Waals surface area contributed by atoms with Gasteiger partial charge in [-0.2, -0.15) is 13.2 Å². The van der Waals surface area contributed by atoms with Gasteiger partial charge in [0.25, 0.3) is 0 Å². The molecule has 3 aliphatic rings. The number of nitrogens with zero attached hydrogens (tertiary/aromatic N) is 2. The predicted molar refractivity (Wildman–Crippen MR) is 110 cm³/mol. The van der Waals surface area contributed by atoms with E-state index >= 15 is 0 Å². The van der Waals surface area contributed by atoms with Crippen LogP contribution < -0.4 is 4.90 Å². The molecule has 0 aromatic heterocycles. The monoisotopic (exact) mass is 438 g/mol. The van der Waals surface area contributed by atoms with Gasteiger partial charge in [-0.15, -0.1) is 0 Å². The Hall–Kier alpha value is -2.25. The molecule has 0 spiro atoms. The fourth-order valence-corrected chi connectivity index (χ4v) is 5.34. The first-order valence-electron chi connectivity index (χ1n) is 11.2. The summed E-state index contributed by atoms with van der Waals surface area (Å²) in [5.74, 6) is -0.742. The number of piperidine rings is 2. The van der Waals surface area contributed by atoms with Crippen molar-refractivity contribution in [1.29, 1.82) is 0 Å². The lowest BCUT2D eigenvalue weighted by molar-refractivity contribution is -0.152. The molecular weight excluding hydrogens is 409 g/mol. The summed E-state index contributed by atoms with van der Waals surface area (Å²) in [5, 5.41) is 0. The number of amides is 1. The standard InChI is InChI=1S/C23H29F3N2O3/c1-2-31-22(30)15-8-11-27(12-9-15)21(29)18-14-16-13-17(23(24,25)26)6-7-19(16)28-10-4-3-5-20(18)28/h6-7,13,15,18,20H,2-5,8-12,14H2,1H3. The third kappa shape index (κ3) is 4.39. The Kier molecular flexibility index (Phi) is 6.17. The van der Waals surface area contributed by atoms with E-state index in [1.807, 2.05) is 0 Å². The van der Waals surface area contributed by atoms with Crippen molar-refractivity contribution in [3.05, 3.63) is 29.3 Å². The van der Waals surface area contributed by atoms with Gasteiger partial charge in [0.1, 0.15) is 0 Å². The number of hydrogen-bond acceptors (Lipinski definition) is 4. The minimum absolute atomic E-state index is 0.00210. The Labute approximate surface area is 180 Å². The minimum atomic E-state index is -4.40. The third-order valence-electron chi connectivity index (χ3n) is 6.91. The lowest BCUT2D eigenvalue weighted by Crippen LogP contribution is -2.55. The van der Waals surface area contributed by atoms with Crippen LogP contribution in [0.15, 0.2) is 18.2 Å². The number of benzene rings is 1. The van der Waals surface area contributed by atoms with Gasteiger partial charge in [0.05, 0.1) is 24.0 Å². The predicted octanol–water partition coefficient (Wildman–Crippen LogP) is 4.04. The maximum atomic E-state index is 13.5. The average Bonchev–Trinajstić information content (AvgIpc) is 2.77. The number of esters is 1. The molecule has 0 bridgehead atoms. The van der Waals surface area contributed by atoms with Crippen molar-refractivity contribution >= 4 is 17.6 Å². The van der Waals surface area contributed by atoms with E-state index in [2.05, 4.69) is 4.90 Å². The molecule has 1 aromatic rings. The first-order chi connectivity index (χ1) is 14.8. The summed E-state index contributed by atoms with van der Waals surface area (Å²) in [6.07, 6.45) is -0.0644. The minimum Gasteiger partial charge on any atom is -0.466 e. The van der Waals surface area contributed by atoms with E-state index in [0.29, 0.717) is 44.5 Å². The van der Waals surface area contributed by atoms with Crippen molar-refractivity contribution in [2.75, 3.05) is 31.1 Å². The van der Waals surface area contributed by atoms with Crippen molar-refractivity contribution < 1.29 is 27.5 Å². The average molecular weight is 438 g/mol. The Morgan fingerprint density at radius 1 is 1.10 bits per heavy atom. The number of carbonyl (C=O) groups excluding carboxylic acids is 2. The summed E-state index contributed by atoms with van der Waals surface area (Å²) in [5.41, 5.74) is 0.777. The zero-order valence-electron chi connectivity index (χ0n) is 17.8. The molecule has 0 N–H and O–H groups in total. The van der Waals surface area contributed by atoms with Crippen LogP contribution in [0.1, 0.15) is 50.2 Å². The summed E-state index contributed by atoms with van der Waals surface area (Å²) < 4.78 is 44.9. The second-order valence-corrected chi connectivity index (χ2v) is 8.76. The number of hydrogen-bond donors (Lipinski definition) is 0. The van der Waals surface area contributed by atoms with Crippen LogP contribution in [0.2, 0.25) is 0 Å². The van der Waals surface area contributed by atoms with E-state index in [-0.39, 0.29) is 29.8 Å². The molecule has 2 atom stereocenters. The highest BCUT2D eigenvalue weighted by atomic mass is 19.4. The first-order valence-corrected chi connectivity index (χ1v) is 11.2. The molecule has 0 saturated carbocycles. The van der Waals surface area contributed by atoms with Crippen LogP contribution in [0.5, 0.6) is 0 Å².